The van der Waals surface area contributed by atoms with E-state index in [0.717, 1.165) is 23.1 Å². The number of imidazole rings is 1. The number of aryl methyl sites for hydroxylation is 1. The topological polar surface area (TPSA) is 58.4 Å². The van der Waals surface area contributed by atoms with E-state index in [1.165, 1.54) is 0 Å². The summed E-state index contributed by atoms with van der Waals surface area (Å²) in [6, 6.07) is 18.5. The molecule has 0 saturated carbocycles. The SMILES string of the molecule is CCCN1CCN(C(=O)c2cn(C)cn2)CC(Cc2ccccc2-c2ccccc2)C1=O. The fourth-order valence-corrected chi connectivity index (χ4v) is 4.42. The predicted octanol–water partition coefficient (Wildman–Crippen LogP) is 3.64. The van der Waals surface area contributed by atoms with Gasteiger partial charge < -0.3 is 14.4 Å². The zero-order valence-corrected chi connectivity index (χ0v) is 18.8. The third-order valence-corrected chi connectivity index (χ3v) is 6.01. The van der Waals surface area contributed by atoms with Crippen molar-refractivity contribution in [3.8, 4) is 11.1 Å². The van der Waals surface area contributed by atoms with Crippen molar-refractivity contribution in [3.05, 3.63) is 78.4 Å². The number of amides is 2. The van der Waals surface area contributed by atoms with Gasteiger partial charge in [0.25, 0.3) is 5.91 Å². The van der Waals surface area contributed by atoms with Crippen LogP contribution < -0.4 is 0 Å². The Bertz CT molecular complexity index is 1080. The molecule has 3 aromatic rings. The highest BCUT2D eigenvalue weighted by Gasteiger charge is 2.33. The molecule has 0 radical (unpaired) electrons. The molecule has 2 amide bonds. The normalized spacial score (nSPS) is 16.8. The summed E-state index contributed by atoms with van der Waals surface area (Å²) < 4.78 is 1.77. The average molecular weight is 431 g/mol. The standard InChI is InChI=1S/C26H30N4O2/c1-3-13-29-14-15-30(26(32)24-18-28(2)19-27-24)17-22(25(29)31)16-21-11-7-8-12-23(21)20-9-5-4-6-10-20/h4-12,18-19,22H,3,13-17H2,1-2H3. The summed E-state index contributed by atoms with van der Waals surface area (Å²) in [6.45, 7) is 4.27. The van der Waals surface area contributed by atoms with Crippen LogP contribution in [0.3, 0.4) is 0 Å². The Morgan fingerprint density at radius 2 is 1.81 bits per heavy atom. The second kappa shape index (κ2) is 9.81. The largest absolute Gasteiger partial charge is 0.341 e. The van der Waals surface area contributed by atoms with Gasteiger partial charge in [0, 0.05) is 39.4 Å². The van der Waals surface area contributed by atoms with Gasteiger partial charge >= 0.3 is 0 Å². The van der Waals surface area contributed by atoms with Gasteiger partial charge in [-0.2, -0.15) is 0 Å². The molecule has 2 heterocycles. The van der Waals surface area contributed by atoms with Crippen molar-refractivity contribution >= 4 is 11.8 Å². The van der Waals surface area contributed by atoms with E-state index in [9.17, 15) is 9.59 Å². The number of rotatable bonds is 6. The van der Waals surface area contributed by atoms with Gasteiger partial charge in [0.15, 0.2) is 0 Å². The number of aromatic nitrogens is 2. The molecule has 0 N–H and O–H groups in total. The lowest BCUT2D eigenvalue weighted by atomic mass is 9.91. The number of nitrogens with zero attached hydrogens (tertiary/aromatic N) is 4. The third kappa shape index (κ3) is 4.74. The van der Waals surface area contributed by atoms with Crippen LogP contribution in [0.4, 0.5) is 0 Å². The van der Waals surface area contributed by atoms with Crippen LogP contribution in [0, 0.1) is 5.92 Å². The summed E-state index contributed by atoms with van der Waals surface area (Å²) in [5.41, 5.74) is 3.82. The van der Waals surface area contributed by atoms with Gasteiger partial charge in [0.05, 0.1) is 12.2 Å². The first-order valence-electron chi connectivity index (χ1n) is 11.3. The van der Waals surface area contributed by atoms with Crippen LogP contribution in [-0.2, 0) is 18.3 Å². The summed E-state index contributed by atoms with van der Waals surface area (Å²) in [5.74, 6) is -0.272. The lowest BCUT2D eigenvalue weighted by Crippen LogP contribution is -2.38. The minimum absolute atomic E-state index is 0.113. The number of benzene rings is 2. The molecule has 32 heavy (non-hydrogen) atoms. The minimum atomic E-state index is -0.290. The lowest BCUT2D eigenvalue weighted by molar-refractivity contribution is -0.134. The molecule has 4 rings (SSSR count). The van der Waals surface area contributed by atoms with Crippen molar-refractivity contribution in [2.75, 3.05) is 26.2 Å². The molecule has 1 saturated heterocycles. The molecule has 1 atom stereocenters. The zero-order valence-electron chi connectivity index (χ0n) is 18.8. The second-order valence-electron chi connectivity index (χ2n) is 8.43. The van der Waals surface area contributed by atoms with Crippen LogP contribution in [-0.4, -0.2) is 57.3 Å². The summed E-state index contributed by atoms with van der Waals surface area (Å²) in [4.78, 5) is 34.6. The summed E-state index contributed by atoms with van der Waals surface area (Å²) in [7, 11) is 1.85. The summed E-state index contributed by atoms with van der Waals surface area (Å²) in [6.07, 6.45) is 4.86. The number of carbonyl (C=O) groups is 2. The first kappa shape index (κ1) is 21.8. The summed E-state index contributed by atoms with van der Waals surface area (Å²) in [5, 5.41) is 0. The molecule has 0 bridgehead atoms. The maximum absolute atomic E-state index is 13.5. The van der Waals surface area contributed by atoms with Crippen molar-refractivity contribution < 1.29 is 9.59 Å². The van der Waals surface area contributed by atoms with Gasteiger partial charge in [-0.3, -0.25) is 9.59 Å². The van der Waals surface area contributed by atoms with Crippen LogP contribution >= 0.6 is 0 Å². The van der Waals surface area contributed by atoms with Crippen molar-refractivity contribution in [1.82, 2.24) is 19.4 Å². The molecule has 1 aromatic heterocycles. The van der Waals surface area contributed by atoms with Crippen molar-refractivity contribution in [3.63, 3.8) is 0 Å². The first-order chi connectivity index (χ1) is 15.6. The van der Waals surface area contributed by atoms with Gasteiger partial charge in [0.1, 0.15) is 5.69 Å². The van der Waals surface area contributed by atoms with Gasteiger partial charge in [-0.25, -0.2) is 4.98 Å². The average Bonchev–Trinajstić information content (AvgIpc) is 3.20. The van der Waals surface area contributed by atoms with Gasteiger partial charge in [-0.15, -0.1) is 0 Å². The molecule has 0 aliphatic carbocycles. The van der Waals surface area contributed by atoms with E-state index in [1.54, 1.807) is 22.0 Å². The summed E-state index contributed by atoms with van der Waals surface area (Å²) >= 11 is 0. The van der Waals surface area contributed by atoms with Crippen LogP contribution in [0.25, 0.3) is 11.1 Å². The monoisotopic (exact) mass is 430 g/mol. The van der Waals surface area contributed by atoms with Crippen molar-refractivity contribution in [2.45, 2.75) is 19.8 Å². The molecule has 1 aliphatic rings. The highest BCUT2D eigenvalue weighted by Crippen LogP contribution is 2.27. The fourth-order valence-electron chi connectivity index (χ4n) is 4.42. The van der Waals surface area contributed by atoms with E-state index in [4.69, 9.17) is 0 Å². The van der Waals surface area contributed by atoms with E-state index < -0.39 is 0 Å². The van der Waals surface area contributed by atoms with Crippen LogP contribution in [0.15, 0.2) is 67.1 Å². The number of hydrogen-bond acceptors (Lipinski definition) is 3. The predicted molar refractivity (Wildman–Crippen MR) is 125 cm³/mol. The van der Waals surface area contributed by atoms with Crippen LogP contribution in [0.5, 0.6) is 0 Å². The van der Waals surface area contributed by atoms with Crippen molar-refractivity contribution in [2.24, 2.45) is 13.0 Å². The zero-order chi connectivity index (χ0) is 22.5. The molecule has 1 aliphatic heterocycles. The Morgan fingerprint density at radius 1 is 1.06 bits per heavy atom. The molecule has 6 heteroatoms. The van der Waals surface area contributed by atoms with Crippen molar-refractivity contribution in [1.29, 1.82) is 0 Å². The first-order valence-corrected chi connectivity index (χ1v) is 11.3. The molecule has 0 spiro atoms. The van der Waals surface area contributed by atoms with E-state index in [1.807, 2.05) is 42.3 Å². The maximum Gasteiger partial charge on any atom is 0.274 e. The minimum Gasteiger partial charge on any atom is -0.341 e. The molecule has 166 valence electrons. The quantitative estimate of drug-likeness (QED) is 0.600. The smallest absolute Gasteiger partial charge is 0.274 e. The van der Waals surface area contributed by atoms with Gasteiger partial charge in [-0.05, 0) is 29.5 Å². The third-order valence-electron chi connectivity index (χ3n) is 6.01. The molecule has 1 fully saturated rings. The Balaban J connectivity index is 1.63. The maximum atomic E-state index is 13.5. The highest BCUT2D eigenvalue weighted by atomic mass is 16.2. The van der Waals surface area contributed by atoms with E-state index in [-0.39, 0.29) is 17.7 Å². The highest BCUT2D eigenvalue weighted by molar-refractivity contribution is 5.93. The molecule has 1 unspecified atom stereocenters. The van der Waals surface area contributed by atoms with Gasteiger partial charge in [-0.1, -0.05) is 61.5 Å². The Morgan fingerprint density at radius 3 is 2.53 bits per heavy atom. The Kier molecular flexibility index (Phi) is 6.69. The van der Waals surface area contributed by atoms with E-state index >= 15 is 0 Å². The molecular weight excluding hydrogens is 400 g/mol. The second-order valence-corrected chi connectivity index (χ2v) is 8.43. The molecule has 2 aromatic carbocycles. The van der Waals surface area contributed by atoms with Crippen LogP contribution in [0.1, 0.15) is 29.4 Å². The van der Waals surface area contributed by atoms with Crippen LogP contribution in [0.2, 0.25) is 0 Å². The fraction of sp³-hybridized carbons (Fsp3) is 0.346. The van der Waals surface area contributed by atoms with E-state index in [0.29, 0.717) is 38.3 Å². The van der Waals surface area contributed by atoms with E-state index in [2.05, 4.69) is 36.2 Å². The van der Waals surface area contributed by atoms with Gasteiger partial charge in [0.2, 0.25) is 5.91 Å². The Hall–Kier alpha value is -3.41. The molecule has 6 nitrogen and oxygen atoms in total. The number of hydrogen-bond donors (Lipinski definition) is 0. The number of carbonyl (C=O) groups excluding carboxylic acids is 2. The lowest BCUT2D eigenvalue weighted by Gasteiger charge is -2.24. The Labute approximate surface area is 189 Å². The molecular formula is C26H30N4O2.